The lowest BCUT2D eigenvalue weighted by Crippen LogP contribution is -2.49. The van der Waals surface area contributed by atoms with E-state index in [1.165, 1.54) is 0 Å². The smallest absolute Gasteiger partial charge is 0.251 e. The number of carbonyl (C=O) groups excluding carboxylic acids is 1. The molecule has 17 heavy (non-hydrogen) atoms. The highest BCUT2D eigenvalue weighted by atomic mass is 16.1. The molecule has 1 aromatic rings. The van der Waals surface area contributed by atoms with Crippen molar-refractivity contribution in [1.29, 1.82) is 0 Å². The molecule has 0 aliphatic heterocycles. The maximum Gasteiger partial charge on any atom is 0.251 e. The minimum absolute atomic E-state index is 0.0357. The first kappa shape index (κ1) is 13.7. The van der Waals surface area contributed by atoms with Crippen molar-refractivity contribution in [3.05, 3.63) is 35.9 Å². The predicted molar refractivity (Wildman–Crippen MR) is 69.9 cm³/mol. The van der Waals surface area contributed by atoms with E-state index in [9.17, 15) is 4.79 Å². The second-order valence-electron chi connectivity index (χ2n) is 3.74. The van der Waals surface area contributed by atoms with E-state index in [-0.39, 0.29) is 12.1 Å². The molecule has 0 bridgehead atoms. The van der Waals surface area contributed by atoms with E-state index in [2.05, 4.69) is 16.0 Å². The van der Waals surface area contributed by atoms with Gasteiger partial charge in [-0.1, -0.05) is 32.0 Å². The van der Waals surface area contributed by atoms with Crippen LogP contribution in [0.2, 0.25) is 0 Å². The van der Waals surface area contributed by atoms with Gasteiger partial charge in [-0.25, -0.2) is 0 Å². The van der Waals surface area contributed by atoms with Crippen LogP contribution in [0, 0.1) is 0 Å². The van der Waals surface area contributed by atoms with Gasteiger partial charge < -0.3 is 16.0 Å². The van der Waals surface area contributed by atoms with Gasteiger partial charge >= 0.3 is 0 Å². The lowest BCUT2D eigenvalue weighted by molar-refractivity contribution is 0.0947. The van der Waals surface area contributed by atoms with Crippen LogP contribution in [0.3, 0.4) is 0 Å². The fourth-order valence-corrected chi connectivity index (χ4v) is 1.60. The normalized spacial score (nSPS) is 10.5. The standard InChI is InChI=1S/C13H21N3O/c1-3-14-12(15-4-2)10-16-13(17)11-8-6-5-7-9-11/h5-9,12,14-15H,3-4,10H2,1-2H3,(H,16,17). The topological polar surface area (TPSA) is 53.2 Å². The molecule has 0 aromatic heterocycles. The van der Waals surface area contributed by atoms with Crippen molar-refractivity contribution in [2.24, 2.45) is 0 Å². The molecule has 0 heterocycles. The summed E-state index contributed by atoms with van der Waals surface area (Å²) in [5, 5.41) is 9.43. The lowest BCUT2D eigenvalue weighted by atomic mass is 10.2. The van der Waals surface area contributed by atoms with Crippen LogP contribution in [-0.2, 0) is 0 Å². The summed E-state index contributed by atoms with van der Waals surface area (Å²) < 4.78 is 0. The van der Waals surface area contributed by atoms with E-state index in [0.717, 1.165) is 13.1 Å². The largest absolute Gasteiger partial charge is 0.349 e. The third kappa shape index (κ3) is 4.97. The van der Waals surface area contributed by atoms with Crippen LogP contribution in [0.25, 0.3) is 0 Å². The Labute approximate surface area is 103 Å². The van der Waals surface area contributed by atoms with Gasteiger partial charge in [0.1, 0.15) is 0 Å². The molecular weight excluding hydrogens is 214 g/mol. The van der Waals surface area contributed by atoms with Gasteiger partial charge in [-0.05, 0) is 25.2 Å². The Hall–Kier alpha value is -1.39. The van der Waals surface area contributed by atoms with E-state index >= 15 is 0 Å². The van der Waals surface area contributed by atoms with Crippen LogP contribution in [0.15, 0.2) is 30.3 Å². The Morgan fingerprint density at radius 3 is 2.24 bits per heavy atom. The maximum atomic E-state index is 11.8. The number of likely N-dealkylation sites (N-methyl/N-ethyl adjacent to an activating group) is 2. The number of carbonyl (C=O) groups is 1. The van der Waals surface area contributed by atoms with Crippen LogP contribution in [-0.4, -0.2) is 31.7 Å². The second kappa shape index (κ2) is 7.81. The van der Waals surface area contributed by atoms with Gasteiger partial charge in [0.2, 0.25) is 0 Å². The molecule has 0 saturated carbocycles. The Balaban J connectivity index is 2.41. The zero-order chi connectivity index (χ0) is 12.5. The van der Waals surface area contributed by atoms with Crippen LogP contribution < -0.4 is 16.0 Å². The van der Waals surface area contributed by atoms with Crippen molar-refractivity contribution in [2.75, 3.05) is 19.6 Å². The third-order valence-electron chi connectivity index (χ3n) is 2.40. The van der Waals surface area contributed by atoms with Crippen molar-refractivity contribution in [3.63, 3.8) is 0 Å². The van der Waals surface area contributed by atoms with Gasteiger partial charge in [-0.2, -0.15) is 0 Å². The first-order valence-corrected chi connectivity index (χ1v) is 6.08. The predicted octanol–water partition coefficient (Wildman–Crippen LogP) is 0.961. The maximum absolute atomic E-state index is 11.8. The second-order valence-corrected chi connectivity index (χ2v) is 3.74. The van der Waals surface area contributed by atoms with Gasteiger partial charge in [0.25, 0.3) is 5.91 Å². The van der Waals surface area contributed by atoms with Crippen molar-refractivity contribution in [1.82, 2.24) is 16.0 Å². The highest BCUT2D eigenvalue weighted by molar-refractivity contribution is 5.94. The monoisotopic (exact) mass is 235 g/mol. The van der Waals surface area contributed by atoms with Crippen molar-refractivity contribution in [3.8, 4) is 0 Å². The lowest BCUT2D eigenvalue weighted by Gasteiger charge is -2.19. The van der Waals surface area contributed by atoms with Gasteiger partial charge in [0, 0.05) is 12.1 Å². The molecule has 0 unspecified atom stereocenters. The number of hydrogen-bond donors (Lipinski definition) is 3. The van der Waals surface area contributed by atoms with E-state index in [4.69, 9.17) is 0 Å². The molecule has 1 aromatic carbocycles. The molecule has 94 valence electrons. The molecule has 0 aliphatic rings. The first-order valence-electron chi connectivity index (χ1n) is 6.08. The Kier molecular flexibility index (Phi) is 6.29. The summed E-state index contributed by atoms with van der Waals surface area (Å²) in [6, 6.07) is 9.24. The molecule has 0 saturated heterocycles. The molecule has 4 heteroatoms. The third-order valence-corrected chi connectivity index (χ3v) is 2.40. The summed E-state index contributed by atoms with van der Waals surface area (Å²) in [6.45, 7) is 6.42. The number of amides is 1. The number of benzene rings is 1. The molecule has 0 aliphatic carbocycles. The average molecular weight is 235 g/mol. The van der Waals surface area contributed by atoms with Crippen molar-refractivity contribution >= 4 is 5.91 Å². The number of hydrogen-bond acceptors (Lipinski definition) is 3. The Bertz CT molecular complexity index is 321. The molecule has 0 spiro atoms. The average Bonchev–Trinajstić information content (AvgIpc) is 2.37. The number of rotatable bonds is 7. The fourth-order valence-electron chi connectivity index (χ4n) is 1.60. The summed E-state index contributed by atoms with van der Waals surface area (Å²) in [4.78, 5) is 11.8. The molecule has 4 nitrogen and oxygen atoms in total. The minimum atomic E-state index is -0.0357. The van der Waals surface area contributed by atoms with E-state index in [0.29, 0.717) is 12.1 Å². The quantitative estimate of drug-likeness (QED) is 0.617. The fraction of sp³-hybridized carbons (Fsp3) is 0.462. The summed E-state index contributed by atoms with van der Waals surface area (Å²) in [6.07, 6.45) is 0.123. The highest BCUT2D eigenvalue weighted by Gasteiger charge is 2.08. The first-order chi connectivity index (χ1) is 8.27. The van der Waals surface area contributed by atoms with Gasteiger partial charge in [0.15, 0.2) is 0 Å². The van der Waals surface area contributed by atoms with Crippen LogP contribution in [0.4, 0.5) is 0 Å². The summed E-state index contributed by atoms with van der Waals surface area (Å²) in [5.74, 6) is -0.0357. The molecule has 0 radical (unpaired) electrons. The van der Waals surface area contributed by atoms with Crippen molar-refractivity contribution in [2.45, 2.75) is 20.0 Å². The highest BCUT2D eigenvalue weighted by Crippen LogP contribution is 1.97. The van der Waals surface area contributed by atoms with Gasteiger partial charge in [0.05, 0.1) is 6.17 Å². The zero-order valence-corrected chi connectivity index (χ0v) is 10.5. The summed E-state index contributed by atoms with van der Waals surface area (Å²) in [7, 11) is 0. The SMILES string of the molecule is CCNC(CNC(=O)c1ccccc1)NCC. The minimum Gasteiger partial charge on any atom is -0.349 e. The van der Waals surface area contributed by atoms with E-state index in [1.807, 2.05) is 44.2 Å². The zero-order valence-electron chi connectivity index (χ0n) is 10.5. The Morgan fingerprint density at radius 1 is 1.12 bits per heavy atom. The summed E-state index contributed by atoms with van der Waals surface area (Å²) >= 11 is 0. The van der Waals surface area contributed by atoms with Crippen LogP contribution in [0.1, 0.15) is 24.2 Å². The molecular formula is C13H21N3O. The summed E-state index contributed by atoms with van der Waals surface area (Å²) in [5.41, 5.74) is 0.694. The van der Waals surface area contributed by atoms with Gasteiger partial charge in [-0.15, -0.1) is 0 Å². The van der Waals surface area contributed by atoms with Crippen molar-refractivity contribution < 1.29 is 4.79 Å². The van der Waals surface area contributed by atoms with E-state index < -0.39 is 0 Å². The molecule has 1 amide bonds. The number of nitrogens with one attached hydrogen (secondary N) is 3. The van der Waals surface area contributed by atoms with Gasteiger partial charge in [-0.3, -0.25) is 4.79 Å². The van der Waals surface area contributed by atoms with Crippen LogP contribution in [0.5, 0.6) is 0 Å². The molecule has 0 atom stereocenters. The molecule has 3 N–H and O–H groups in total. The molecule has 0 fully saturated rings. The van der Waals surface area contributed by atoms with E-state index in [1.54, 1.807) is 0 Å². The van der Waals surface area contributed by atoms with Crippen LogP contribution >= 0.6 is 0 Å². The Morgan fingerprint density at radius 2 is 1.71 bits per heavy atom. The molecule has 1 rings (SSSR count).